The highest BCUT2D eigenvalue weighted by molar-refractivity contribution is 7.89. The molecule has 114 valence electrons. The molecule has 0 saturated carbocycles. The van der Waals surface area contributed by atoms with Crippen molar-refractivity contribution in [2.75, 3.05) is 18.4 Å². The predicted molar refractivity (Wildman–Crippen MR) is 84.5 cm³/mol. The molecule has 1 N–H and O–H groups in total. The SMILES string of the molecule is CCCNc1ccccc1S(=O)(=O)N(CC)C(C)CC. The van der Waals surface area contributed by atoms with Gasteiger partial charge >= 0.3 is 0 Å². The number of nitrogens with zero attached hydrogens (tertiary/aromatic N) is 1. The van der Waals surface area contributed by atoms with Crippen LogP contribution >= 0.6 is 0 Å². The minimum Gasteiger partial charge on any atom is -0.384 e. The molecule has 0 saturated heterocycles. The number of anilines is 1. The van der Waals surface area contributed by atoms with Gasteiger partial charge < -0.3 is 5.32 Å². The maximum absolute atomic E-state index is 12.8. The van der Waals surface area contributed by atoms with Gasteiger partial charge in [0.1, 0.15) is 4.90 Å². The van der Waals surface area contributed by atoms with Gasteiger partial charge in [-0.2, -0.15) is 4.31 Å². The summed E-state index contributed by atoms with van der Waals surface area (Å²) >= 11 is 0. The fourth-order valence-corrected chi connectivity index (χ4v) is 4.03. The lowest BCUT2D eigenvalue weighted by Gasteiger charge is -2.27. The van der Waals surface area contributed by atoms with Crippen LogP contribution in [0.4, 0.5) is 5.69 Å². The minimum absolute atomic E-state index is 0.00392. The molecule has 0 aliphatic heterocycles. The second kappa shape index (κ2) is 7.64. The molecule has 1 atom stereocenters. The van der Waals surface area contributed by atoms with Crippen molar-refractivity contribution in [1.29, 1.82) is 0 Å². The van der Waals surface area contributed by atoms with Gasteiger partial charge in [0.2, 0.25) is 10.0 Å². The number of para-hydroxylation sites is 1. The summed E-state index contributed by atoms with van der Waals surface area (Å²) in [6.45, 7) is 9.14. The van der Waals surface area contributed by atoms with Crippen LogP contribution in [0.1, 0.15) is 40.5 Å². The van der Waals surface area contributed by atoms with Crippen LogP contribution in [0.25, 0.3) is 0 Å². The van der Waals surface area contributed by atoms with E-state index in [2.05, 4.69) is 12.2 Å². The van der Waals surface area contributed by atoms with E-state index in [0.717, 1.165) is 19.4 Å². The Kier molecular flexibility index (Phi) is 6.49. The van der Waals surface area contributed by atoms with Crippen molar-refractivity contribution in [3.8, 4) is 0 Å². The third-order valence-electron chi connectivity index (χ3n) is 3.43. The summed E-state index contributed by atoms with van der Waals surface area (Å²) in [5.41, 5.74) is 0.691. The Balaban J connectivity index is 3.20. The van der Waals surface area contributed by atoms with E-state index in [9.17, 15) is 8.42 Å². The lowest BCUT2D eigenvalue weighted by Crippen LogP contribution is -2.38. The Morgan fingerprint density at radius 1 is 1.20 bits per heavy atom. The summed E-state index contributed by atoms with van der Waals surface area (Å²) in [4.78, 5) is 0.371. The predicted octanol–water partition coefficient (Wildman–Crippen LogP) is 3.32. The standard InChI is InChI=1S/C15H26N2O2S/c1-5-12-16-14-10-8-9-11-15(14)20(18,19)17(7-3)13(4)6-2/h8-11,13,16H,5-7,12H2,1-4H3. The van der Waals surface area contributed by atoms with E-state index in [0.29, 0.717) is 17.1 Å². The van der Waals surface area contributed by atoms with Crippen molar-refractivity contribution in [3.63, 3.8) is 0 Å². The molecule has 20 heavy (non-hydrogen) atoms. The van der Waals surface area contributed by atoms with E-state index in [1.807, 2.05) is 32.9 Å². The van der Waals surface area contributed by atoms with Crippen molar-refractivity contribution in [1.82, 2.24) is 4.31 Å². The second-order valence-corrected chi connectivity index (χ2v) is 6.75. The van der Waals surface area contributed by atoms with Crippen LogP contribution in [0.2, 0.25) is 0 Å². The van der Waals surface area contributed by atoms with Crippen molar-refractivity contribution in [3.05, 3.63) is 24.3 Å². The third kappa shape index (κ3) is 3.73. The van der Waals surface area contributed by atoms with Crippen LogP contribution in [0.5, 0.6) is 0 Å². The van der Waals surface area contributed by atoms with Gasteiger partial charge in [-0.25, -0.2) is 8.42 Å². The van der Waals surface area contributed by atoms with Crippen LogP contribution in [0.15, 0.2) is 29.2 Å². The highest BCUT2D eigenvalue weighted by atomic mass is 32.2. The fraction of sp³-hybridized carbons (Fsp3) is 0.600. The molecule has 0 radical (unpaired) electrons. The van der Waals surface area contributed by atoms with Crippen LogP contribution < -0.4 is 5.32 Å². The molecular weight excluding hydrogens is 272 g/mol. The van der Waals surface area contributed by atoms with Crippen molar-refractivity contribution < 1.29 is 8.42 Å². The van der Waals surface area contributed by atoms with Crippen LogP contribution in [-0.4, -0.2) is 31.9 Å². The molecule has 0 spiro atoms. The van der Waals surface area contributed by atoms with Gasteiger partial charge in [-0.3, -0.25) is 0 Å². The summed E-state index contributed by atoms with van der Waals surface area (Å²) in [5.74, 6) is 0. The van der Waals surface area contributed by atoms with Gasteiger partial charge in [0, 0.05) is 19.1 Å². The molecule has 4 nitrogen and oxygen atoms in total. The summed E-state index contributed by atoms with van der Waals surface area (Å²) in [6.07, 6.45) is 1.76. The molecule has 5 heteroatoms. The van der Waals surface area contributed by atoms with Gasteiger partial charge in [-0.1, -0.05) is 32.9 Å². The third-order valence-corrected chi connectivity index (χ3v) is 5.58. The molecule has 0 aromatic heterocycles. The van der Waals surface area contributed by atoms with Gasteiger partial charge in [0.15, 0.2) is 0 Å². The van der Waals surface area contributed by atoms with Gasteiger partial charge in [0.05, 0.1) is 5.69 Å². The second-order valence-electron chi connectivity index (χ2n) is 4.89. The highest BCUT2D eigenvalue weighted by Crippen LogP contribution is 2.26. The number of nitrogens with one attached hydrogen (secondary N) is 1. The van der Waals surface area contributed by atoms with Crippen LogP contribution in [0, 0.1) is 0 Å². The molecule has 1 rings (SSSR count). The normalized spacial score (nSPS) is 13.4. The smallest absolute Gasteiger partial charge is 0.245 e. The topological polar surface area (TPSA) is 49.4 Å². The molecule has 0 heterocycles. The zero-order chi connectivity index (χ0) is 15.2. The van der Waals surface area contributed by atoms with Crippen molar-refractivity contribution >= 4 is 15.7 Å². The first-order valence-corrected chi connectivity index (χ1v) is 8.77. The first-order chi connectivity index (χ1) is 9.48. The Morgan fingerprint density at radius 3 is 2.40 bits per heavy atom. The van der Waals surface area contributed by atoms with Crippen molar-refractivity contribution in [2.24, 2.45) is 0 Å². The summed E-state index contributed by atoms with van der Waals surface area (Å²) in [7, 11) is -3.45. The van der Waals surface area contributed by atoms with Crippen LogP contribution in [0.3, 0.4) is 0 Å². The Bertz CT molecular complexity index is 514. The van der Waals surface area contributed by atoms with Gasteiger partial charge in [0.25, 0.3) is 0 Å². The van der Waals surface area contributed by atoms with Gasteiger partial charge in [-0.05, 0) is 31.9 Å². The maximum Gasteiger partial charge on any atom is 0.245 e. The van der Waals surface area contributed by atoms with Gasteiger partial charge in [-0.15, -0.1) is 0 Å². The van der Waals surface area contributed by atoms with E-state index in [4.69, 9.17) is 0 Å². The summed E-state index contributed by atoms with van der Waals surface area (Å²) in [6, 6.07) is 7.14. The summed E-state index contributed by atoms with van der Waals surface area (Å²) < 4.78 is 27.2. The molecule has 1 unspecified atom stereocenters. The lowest BCUT2D eigenvalue weighted by atomic mass is 10.3. The van der Waals surface area contributed by atoms with E-state index in [1.54, 1.807) is 16.4 Å². The molecule has 1 aromatic carbocycles. The van der Waals surface area contributed by atoms with E-state index < -0.39 is 10.0 Å². The maximum atomic E-state index is 12.8. The number of benzene rings is 1. The molecule has 0 bridgehead atoms. The zero-order valence-electron chi connectivity index (χ0n) is 12.9. The summed E-state index contributed by atoms with van der Waals surface area (Å²) in [5, 5.41) is 3.20. The monoisotopic (exact) mass is 298 g/mol. The van der Waals surface area contributed by atoms with Crippen molar-refractivity contribution in [2.45, 2.75) is 51.5 Å². The van der Waals surface area contributed by atoms with E-state index in [-0.39, 0.29) is 6.04 Å². The first kappa shape index (κ1) is 17.0. The molecule has 0 aliphatic carbocycles. The molecule has 0 aliphatic rings. The zero-order valence-corrected chi connectivity index (χ0v) is 13.7. The fourth-order valence-electron chi connectivity index (χ4n) is 2.15. The Hall–Kier alpha value is -1.07. The first-order valence-electron chi connectivity index (χ1n) is 7.33. The van der Waals surface area contributed by atoms with E-state index in [1.165, 1.54) is 0 Å². The largest absolute Gasteiger partial charge is 0.384 e. The Morgan fingerprint density at radius 2 is 1.85 bits per heavy atom. The molecule has 1 aromatic rings. The number of hydrogen-bond acceptors (Lipinski definition) is 3. The number of sulfonamides is 1. The highest BCUT2D eigenvalue weighted by Gasteiger charge is 2.28. The van der Waals surface area contributed by atoms with E-state index >= 15 is 0 Å². The average Bonchev–Trinajstić information content (AvgIpc) is 2.45. The molecule has 0 fully saturated rings. The minimum atomic E-state index is -3.45. The molecule has 0 amide bonds. The Labute approximate surface area is 123 Å². The average molecular weight is 298 g/mol. The van der Waals surface area contributed by atoms with Crippen LogP contribution in [-0.2, 0) is 10.0 Å². The number of rotatable bonds is 8. The lowest BCUT2D eigenvalue weighted by molar-refractivity contribution is 0.342. The number of hydrogen-bond donors (Lipinski definition) is 1. The molecular formula is C15H26N2O2S. The quantitative estimate of drug-likeness (QED) is 0.801.